The van der Waals surface area contributed by atoms with Crippen LogP contribution in [0, 0.1) is 0 Å². The van der Waals surface area contributed by atoms with Gasteiger partial charge in [-0.1, -0.05) is 72.8 Å². The first kappa shape index (κ1) is 26.3. The zero-order valence-electron chi connectivity index (χ0n) is 21.0. The van der Waals surface area contributed by atoms with Crippen LogP contribution in [0.25, 0.3) is 10.8 Å². The van der Waals surface area contributed by atoms with E-state index in [0.29, 0.717) is 12.2 Å². The van der Waals surface area contributed by atoms with Gasteiger partial charge in [0, 0.05) is 17.5 Å². The van der Waals surface area contributed by atoms with Crippen molar-refractivity contribution in [2.24, 2.45) is 0 Å². The first-order chi connectivity index (χ1) is 18.4. The van der Waals surface area contributed by atoms with Crippen LogP contribution in [0.2, 0.25) is 0 Å². The number of nitrogens with zero attached hydrogens (tertiary/aromatic N) is 1. The molecule has 0 aromatic heterocycles. The number of benzene rings is 4. The second-order valence-electron chi connectivity index (χ2n) is 9.21. The molecular weight excluding hydrogens is 518 g/mol. The number of ether oxygens (including phenoxy) is 2. The van der Waals surface area contributed by atoms with E-state index in [1.807, 2.05) is 78.9 Å². The molecule has 2 atom stereocenters. The highest BCUT2D eigenvalue weighted by Crippen LogP contribution is 2.35. The van der Waals surface area contributed by atoms with E-state index < -0.39 is 22.0 Å². The standard InChI is InChI=1S/C30H29NO5S2/c1-35-26-14-11-23(12-15-26)21-37-27-18-29(30(32)36-20-22-7-3-2-4-8-22)31(19-27)38(33,34)28-16-13-24-9-5-6-10-25(24)17-28/h2-17,27,29H,18-21H2,1H3/t27-,29?/m1/s1. The van der Waals surface area contributed by atoms with Gasteiger partial charge in [-0.05, 0) is 52.6 Å². The maximum Gasteiger partial charge on any atom is 0.324 e. The molecule has 0 spiro atoms. The molecule has 0 bridgehead atoms. The van der Waals surface area contributed by atoms with Gasteiger partial charge in [0.15, 0.2) is 0 Å². The van der Waals surface area contributed by atoms with Crippen LogP contribution in [0.5, 0.6) is 5.75 Å². The van der Waals surface area contributed by atoms with E-state index in [1.165, 1.54) is 4.31 Å². The van der Waals surface area contributed by atoms with Crippen LogP contribution in [0.3, 0.4) is 0 Å². The summed E-state index contributed by atoms with van der Waals surface area (Å²) in [4.78, 5) is 13.4. The van der Waals surface area contributed by atoms with Crippen molar-refractivity contribution in [1.82, 2.24) is 4.31 Å². The number of carbonyl (C=O) groups excluding carboxylic acids is 1. The molecule has 1 aliphatic heterocycles. The lowest BCUT2D eigenvalue weighted by molar-refractivity contribution is -0.148. The molecule has 0 aliphatic carbocycles. The molecular formula is C30H29NO5S2. The lowest BCUT2D eigenvalue weighted by atomic mass is 10.1. The van der Waals surface area contributed by atoms with Gasteiger partial charge in [-0.15, -0.1) is 0 Å². The normalized spacial score (nSPS) is 17.9. The minimum absolute atomic E-state index is 0.0541. The highest BCUT2D eigenvalue weighted by Gasteiger charge is 2.45. The van der Waals surface area contributed by atoms with Crippen molar-refractivity contribution in [3.63, 3.8) is 0 Å². The molecule has 0 radical (unpaired) electrons. The van der Waals surface area contributed by atoms with Gasteiger partial charge >= 0.3 is 5.97 Å². The molecule has 1 heterocycles. The van der Waals surface area contributed by atoms with Crippen molar-refractivity contribution in [1.29, 1.82) is 0 Å². The second kappa shape index (κ2) is 11.6. The molecule has 1 aliphatic rings. The van der Waals surface area contributed by atoms with E-state index >= 15 is 0 Å². The third kappa shape index (κ3) is 5.88. The molecule has 8 heteroatoms. The molecule has 1 unspecified atom stereocenters. The lowest BCUT2D eigenvalue weighted by Crippen LogP contribution is -2.41. The van der Waals surface area contributed by atoms with Gasteiger partial charge in [0.1, 0.15) is 18.4 Å². The Morgan fingerprint density at radius 3 is 2.34 bits per heavy atom. The number of hydrogen-bond acceptors (Lipinski definition) is 6. The first-order valence-electron chi connectivity index (χ1n) is 12.4. The van der Waals surface area contributed by atoms with Crippen molar-refractivity contribution >= 4 is 38.5 Å². The summed E-state index contributed by atoms with van der Waals surface area (Å²) in [5, 5.41) is 1.74. The van der Waals surface area contributed by atoms with Gasteiger partial charge in [0.2, 0.25) is 10.0 Å². The van der Waals surface area contributed by atoms with Gasteiger partial charge in [0.05, 0.1) is 12.0 Å². The fourth-order valence-electron chi connectivity index (χ4n) is 4.59. The molecule has 4 aromatic rings. The molecule has 1 fully saturated rings. The number of sulfonamides is 1. The molecule has 0 amide bonds. The molecule has 196 valence electrons. The molecule has 38 heavy (non-hydrogen) atoms. The average Bonchev–Trinajstić information content (AvgIpc) is 3.41. The number of thioether (sulfide) groups is 1. The summed E-state index contributed by atoms with van der Waals surface area (Å²) >= 11 is 1.65. The number of esters is 1. The predicted octanol–water partition coefficient (Wildman–Crippen LogP) is 5.66. The van der Waals surface area contributed by atoms with Crippen LogP contribution in [0.15, 0.2) is 102 Å². The van der Waals surface area contributed by atoms with E-state index in [0.717, 1.165) is 27.6 Å². The Morgan fingerprint density at radius 2 is 1.61 bits per heavy atom. The maximum absolute atomic E-state index is 13.9. The van der Waals surface area contributed by atoms with Crippen molar-refractivity contribution in [2.45, 2.75) is 35.0 Å². The molecule has 4 aromatic carbocycles. The molecule has 6 nitrogen and oxygen atoms in total. The number of methoxy groups -OCH3 is 1. The van der Waals surface area contributed by atoms with Gasteiger partial charge in [0.25, 0.3) is 0 Å². The van der Waals surface area contributed by atoms with E-state index in [2.05, 4.69) is 0 Å². The van der Waals surface area contributed by atoms with Gasteiger partial charge in [-0.2, -0.15) is 16.1 Å². The summed E-state index contributed by atoms with van der Waals surface area (Å²) in [5.74, 6) is 0.962. The van der Waals surface area contributed by atoms with Gasteiger partial charge in [-0.3, -0.25) is 4.79 Å². The Hall–Kier alpha value is -3.33. The largest absolute Gasteiger partial charge is 0.497 e. The van der Waals surface area contributed by atoms with E-state index in [1.54, 1.807) is 37.1 Å². The van der Waals surface area contributed by atoms with E-state index in [4.69, 9.17) is 9.47 Å². The molecule has 0 N–H and O–H groups in total. The number of fused-ring (bicyclic) bond motifs is 1. The molecule has 5 rings (SSSR count). The fraction of sp³-hybridized carbons (Fsp3) is 0.233. The maximum atomic E-state index is 13.9. The van der Waals surface area contributed by atoms with Crippen LogP contribution in [0.4, 0.5) is 0 Å². The summed E-state index contributed by atoms with van der Waals surface area (Å²) in [6.45, 7) is 0.338. The van der Waals surface area contributed by atoms with Crippen LogP contribution < -0.4 is 4.74 Å². The zero-order valence-corrected chi connectivity index (χ0v) is 22.7. The van der Waals surface area contributed by atoms with E-state index in [9.17, 15) is 13.2 Å². The van der Waals surface area contributed by atoms with Crippen LogP contribution in [-0.2, 0) is 31.9 Å². The topological polar surface area (TPSA) is 72.9 Å². The van der Waals surface area contributed by atoms with Crippen LogP contribution in [-0.4, -0.2) is 43.6 Å². The highest BCUT2D eigenvalue weighted by atomic mass is 32.2. The third-order valence-electron chi connectivity index (χ3n) is 6.69. The second-order valence-corrected chi connectivity index (χ2v) is 12.4. The summed E-state index contributed by atoms with van der Waals surface area (Å²) in [5.41, 5.74) is 1.96. The Morgan fingerprint density at radius 1 is 0.895 bits per heavy atom. The Labute approximate surface area is 227 Å². The number of rotatable bonds is 9. The summed E-state index contributed by atoms with van der Waals surface area (Å²) < 4.78 is 39.9. The lowest BCUT2D eigenvalue weighted by Gasteiger charge is -2.23. The average molecular weight is 548 g/mol. The summed E-state index contributed by atoms with van der Waals surface area (Å²) in [6, 6.07) is 29.0. The van der Waals surface area contributed by atoms with Crippen LogP contribution >= 0.6 is 11.8 Å². The zero-order chi connectivity index (χ0) is 26.5. The van der Waals surface area contributed by atoms with Crippen molar-refractivity contribution in [3.05, 3.63) is 108 Å². The first-order valence-corrected chi connectivity index (χ1v) is 14.9. The van der Waals surface area contributed by atoms with Crippen molar-refractivity contribution in [3.8, 4) is 5.75 Å². The number of hydrogen-bond donors (Lipinski definition) is 0. The number of carbonyl (C=O) groups is 1. The SMILES string of the molecule is COc1ccc(CS[C@@H]2CC(C(=O)OCc3ccccc3)N(S(=O)(=O)c3ccc4ccccc4c3)C2)cc1. The van der Waals surface area contributed by atoms with Crippen molar-refractivity contribution in [2.75, 3.05) is 13.7 Å². The van der Waals surface area contributed by atoms with Gasteiger partial charge in [-0.25, -0.2) is 8.42 Å². The van der Waals surface area contributed by atoms with Gasteiger partial charge < -0.3 is 9.47 Å². The molecule has 0 saturated carbocycles. The van der Waals surface area contributed by atoms with Crippen molar-refractivity contribution < 1.29 is 22.7 Å². The Bertz CT molecular complexity index is 1510. The monoisotopic (exact) mass is 547 g/mol. The third-order valence-corrected chi connectivity index (χ3v) is 9.87. The minimum Gasteiger partial charge on any atom is -0.497 e. The summed E-state index contributed by atoms with van der Waals surface area (Å²) in [6.07, 6.45) is 0.390. The fourth-order valence-corrected chi connectivity index (χ4v) is 7.56. The quantitative estimate of drug-likeness (QED) is 0.252. The Kier molecular flexibility index (Phi) is 8.02. The molecule has 1 saturated heterocycles. The van der Waals surface area contributed by atoms with Crippen LogP contribution in [0.1, 0.15) is 17.5 Å². The van der Waals surface area contributed by atoms with E-state index in [-0.39, 0.29) is 23.3 Å². The highest BCUT2D eigenvalue weighted by molar-refractivity contribution is 7.99. The Balaban J connectivity index is 1.37. The minimum atomic E-state index is -3.93. The predicted molar refractivity (Wildman–Crippen MR) is 151 cm³/mol. The smallest absolute Gasteiger partial charge is 0.324 e. The summed E-state index contributed by atoms with van der Waals surface area (Å²) in [7, 11) is -2.30.